The van der Waals surface area contributed by atoms with Crippen LogP contribution in [0.25, 0.3) is 10.9 Å². The van der Waals surface area contributed by atoms with Crippen LogP contribution in [0.5, 0.6) is 5.75 Å². The predicted molar refractivity (Wildman–Crippen MR) is 137 cm³/mol. The van der Waals surface area contributed by atoms with E-state index < -0.39 is 12.2 Å². The number of rotatable bonds is 9. The van der Waals surface area contributed by atoms with E-state index in [4.69, 9.17) is 21.1 Å². The van der Waals surface area contributed by atoms with Gasteiger partial charge in [-0.25, -0.2) is 0 Å². The Balaban J connectivity index is 1.81. The van der Waals surface area contributed by atoms with Crippen LogP contribution in [-0.2, 0) is 20.7 Å². The minimum atomic E-state index is -0.974. The molecule has 8 heteroatoms. The van der Waals surface area contributed by atoms with Crippen LogP contribution in [0, 0.1) is 12.3 Å². The number of hydrogen-bond donors (Lipinski definition) is 2. The first-order valence-electron chi connectivity index (χ1n) is 11.5. The first kappa shape index (κ1) is 26.6. The molecule has 0 aliphatic rings. The summed E-state index contributed by atoms with van der Waals surface area (Å²) in [5.41, 5.74) is 2.96. The van der Waals surface area contributed by atoms with Gasteiger partial charge in [-0.1, -0.05) is 44.5 Å². The molecule has 2 N–H and O–H groups in total. The number of carbonyl (C=O) groups excluding carboxylic acids is 2. The molecule has 0 radical (unpaired) electrons. The largest absolute Gasteiger partial charge is 0.497 e. The second kappa shape index (κ2) is 11.1. The molecule has 0 saturated carbocycles. The van der Waals surface area contributed by atoms with Crippen molar-refractivity contribution >= 4 is 34.4 Å². The Bertz CT molecular complexity index is 1190. The molecule has 1 amide bonds. The minimum Gasteiger partial charge on any atom is -0.497 e. The Morgan fingerprint density at radius 2 is 1.83 bits per heavy atom. The van der Waals surface area contributed by atoms with Crippen LogP contribution >= 0.6 is 11.6 Å². The van der Waals surface area contributed by atoms with E-state index in [1.807, 2.05) is 25.1 Å². The third-order valence-electron chi connectivity index (χ3n) is 5.88. The van der Waals surface area contributed by atoms with E-state index >= 15 is 0 Å². The smallest absolute Gasteiger partial charge is 0.325 e. The van der Waals surface area contributed by atoms with Gasteiger partial charge < -0.3 is 24.5 Å². The van der Waals surface area contributed by atoms with Crippen molar-refractivity contribution in [2.45, 2.75) is 46.8 Å². The van der Waals surface area contributed by atoms with Crippen molar-refractivity contribution < 1.29 is 24.2 Å². The zero-order chi connectivity index (χ0) is 25.8. The summed E-state index contributed by atoms with van der Waals surface area (Å²) in [7, 11) is 1.57. The summed E-state index contributed by atoms with van der Waals surface area (Å²) in [4.78, 5) is 24.8. The van der Waals surface area contributed by atoms with E-state index in [0.717, 1.165) is 28.6 Å². The van der Waals surface area contributed by atoms with Gasteiger partial charge in [-0.3, -0.25) is 9.59 Å². The number of aliphatic hydroxyl groups is 1. The molecule has 0 spiro atoms. The third-order valence-corrected chi connectivity index (χ3v) is 6.13. The number of ether oxygens (including phenoxy) is 2. The average molecular weight is 501 g/mol. The van der Waals surface area contributed by atoms with Crippen LogP contribution in [0.2, 0.25) is 5.02 Å². The highest BCUT2D eigenvalue weighted by molar-refractivity contribution is 6.30. The normalized spacial score (nSPS) is 12.4. The van der Waals surface area contributed by atoms with E-state index in [1.54, 1.807) is 35.9 Å². The van der Waals surface area contributed by atoms with Crippen molar-refractivity contribution in [1.82, 2.24) is 9.88 Å². The lowest BCUT2D eigenvalue weighted by molar-refractivity contribution is -0.144. The van der Waals surface area contributed by atoms with Crippen molar-refractivity contribution in [1.29, 1.82) is 0 Å². The molecule has 188 valence electrons. The molecule has 0 fully saturated rings. The van der Waals surface area contributed by atoms with Gasteiger partial charge in [-0.05, 0) is 54.7 Å². The van der Waals surface area contributed by atoms with Gasteiger partial charge >= 0.3 is 5.97 Å². The highest BCUT2D eigenvalue weighted by Crippen LogP contribution is 2.34. The van der Waals surface area contributed by atoms with Crippen molar-refractivity contribution in [3.63, 3.8) is 0 Å². The molecular formula is C27H33ClN2O5. The summed E-state index contributed by atoms with van der Waals surface area (Å²) in [5, 5.41) is 15.2. The van der Waals surface area contributed by atoms with Gasteiger partial charge in [0, 0.05) is 21.7 Å². The van der Waals surface area contributed by atoms with Crippen molar-refractivity contribution in [2.24, 2.45) is 5.41 Å². The lowest BCUT2D eigenvalue weighted by atomic mass is 9.93. The number of amides is 1. The number of aliphatic hydroxyl groups excluding tert-OH is 1. The van der Waals surface area contributed by atoms with Gasteiger partial charge in [0.05, 0.1) is 25.7 Å². The fourth-order valence-corrected chi connectivity index (χ4v) is 3.98. The lowest BCUT2D eigenvalue weighted by Gasteiger charge is -2.17. The van der Waals surface area contributed by atoms with Crippen LogP contribution in [0.3, 0.4) is 0 Å². The topological polar surface area (TPSA) is 89.8 Å². The Morgan fingerprint density at radius 1 is 1.14 bits per heavy atom. The number of aromatic nitrogens is 1. The van der Waals surface area contributed by atoms with Crippen molar-refractivity contribution in [2.75, 3.05) is 20.3 Å². The summed E-state index contributed by atoms with van der Waals surface area (Å²) in [5.74, 6) is -0.148. The van der Waals surface area contributed by atoms with Gasteiger partial charge in [0.15, 0.2) is 6.23 Å². The second-order valence-corrected chi connectivity index (χ2v) is 10.2. The fraction of sp³-hybridized carbons (Fsp3) is 0.407. The highest BCUT2D eigenvalue weighted by Gasteiger charge is 2.22. The van der Waals surface area contributed by atoms with E-state index in [2.05, 4.69) is 26.1 Å². The van der Waals surface area contributed by atoms with Gasteiger partial charge in [0.25, 0.3) is 0 Å². The third kappa shape index (κ3) is 6.77. The first-order valence-corrected chi connectivity index (χ1v) is 11.9. The maximum atomic E-state index is 12.8. The maximum Gasteiger partial charge on any atom is 0.325 e. The summed E-state index contributed by atoms with van der Waals surface area (Å²) < 4.78 is 12.4. The Kier molecular flexibility index (Phi) is 8.46. The second-order valence-electron chi connectivity index (χ2n) is 9.73. The van der Waals surface area contributed by atoms with Gasteiger partial charge in [-0.15, -0.1) is 0 Å². The fourth-order valence-electron chi connectivity index (χ4n) is 3.85. The van der Waals surface area contributed by atoms with Gasteiger partial charge in [-0.2, -0.15) is 0 Å². The molecule has 7 nitrogen and oxygen atoms in total. The summed E-state index contributed by atoms with van der Waals surface area (Å²) in [6.07, 6.45) is -0.202. The average Bonchev–Trinajstić information content (AvgIpc) is 3.07. The van der Waals surface area contributed by atoms with E-state index in [-0.39, 0.29) is 24.3 Å². The first-order chi connectivity index (χ1) is 16.5. The molecule has 3 rings (SSSR count). The van der Waals surface area contributed by atoms with Crippen molar-refractivity contribution in [3.8, 4) is 5.75 Å². The molecule has 1 atom stereocenters. The van der Waals surface area contributed by atoms with Crippen LogP contribution in [0.4, 0.5) is 0 Å². The standard InChI is InChI=1S/C27H33ClN2O5/c1-17-21(15-24(31)29-16-25(32)35-13-12-27(2,3)4)22-14-20(34-5)10-11-23(22)30(17)26(33)18-6-8-19(28)9-7-18/h6-11,14,26,33H,12-13,15-16H2,1-5H3,(H,29,31). The molecule has 1 aromatic heterocycles. The molecule has 0 saturated heterocycles. The van der Waals surface area contributed by atoms with Crippen molar-refractivity contribution in [3.05, 3.63) is 64.3 Å². The number of nitrogens with one attached hydrogen (secondary N) is 1. The SMILES string of the molecule is COc1ccc2c(c1)c(CC(=O)NCC(=O)OCCC(C)(C)C)c(C)n2C(O)c1ccc(Cl)cc1. The quantitative estimate of drug-likeness (QED) is 0.412. The monoisotopic (exact) mass is 500 g/mol. The maximum absolute atomic E-state index is 12.8. The summed E-state index contributed by atoms with van der Waals surface area (Å²) in [6, 6.07) is 12.5. The minimum absolute atomic E-state index is 0.0328. The molecule has 0 aliphatic carbocycles. The number of halogens is 1. The molecule has 1 unspecified atom stereocenters. The highest BCUT2D eigenvalue weighted by atomic mass is 35.5. The van der Waals surface area contributed by atoms with Crippen LogP contribution < -0.4 is 10.1 Å². The number of methoxy groups -OCH3 is 1. The number of esters is 1. The predicted octanol–water partition coefficient (Wildman–Crippen LogP) is 4.79. The zero-order valence-electron chi connectivity index (χ0n) is 20.9. The molecular weight excluding hydrogens is 468 g/mol. The van der Waals surface area contributed by atoms with E-state index in [0.29, 0.717) is 22.9 Å². The number of nitrogens with zero attached hydrogens (tertiary/aromatic N) is 1. The van der Waals surface area contributed by atoms with E-state index in [1.165, 1.54) is 0 Å². The van der Waals surface area contributed by atoms with Crippen LogP contribution in [-0.4, -0.2) is 41.8 Å². The van der Waals surface area contributed by atoms with Gasteiger partial charge in [0.1, 0.15) is 12.3 Å². The number of fused-ring (bicyclic) bond motifs is 1. The zero-order valence-corrected chi connectivity index (χ0v) is 21.6. The van der Waals surface area contributed by atoms with E-state index in [9.17, 15) is 14.7 Å². The number of benzene rings is 2. The summed E-state index contributed by atoms with van der Waals surface area (Å²) >= 11 is 6.00. The molecule has 1 heterocycles. The van der Waals surface area contributed by atoms with Gasteiger partial charge in [0.2, 0.25) is 5.91 Å². The lowest BCUT2D eigenvalue weighted by Crippen LogP contribution is -2.32. The molecule has 2 aromatic carbocycles. The summed E-state index contributed by atoms with van der Waals surface area (Å²) in [6.45, 7) is 8.18. The molecule has 0 bridgehead atoms. The Labute approximate surface area is 211 Å². The number of hydrogen-bond acceptors (Lipinski definition) is 5. The molecule has 35 heavy (non-hydrogen) atoms. The van der Waals surface area contributed by atoms with Crippen LogP contribution in [0.15, 0.2) is 42.5 Å². The molecule has 3 aromatic rings. The van der Waals surface area contributed by atoms with Crippen LogP contribution in [0.1, 0.15) is 50.2 Å². The molecule has 0 aliphatic heterocycles. The number of carbonyl (C=O) groups is 2. The Hall–Kier alpha value is -3.03. The Morgan fingerprint density at radius 3 is 2.46 bits per heavy atom.